The fourth-order valence-corrected chi connectivity index (χ4v) is 1.62. The molecule has 0 aromatic rings. The van der Waals surface area contributed by atoms with Crippen molar-refractivity contribution in [3.05, 3.63) is 0 Å². The first-order valence-electron chi connectivity index (χ1n) is 4.18. The van der Waals surface area contributed by atoms with E-state index in [0.29, 0.717) is 0 Å². The van der Waals surface area contributed by atoms with Crippen LogP contribution in [0, 0.1) is 0 Å². The monoisotopic (exact) mass is 175 g/mol. The van der Waals surface area contributed by atoms with Crippen molar-refractivity contribution in [2.45, 2.75) is 31.2 Å². The van der Waals surface area contributed by atoms with Gasteiger partial charge in [0.15, 0.2) is 6.29 Å². The topological polar surface area (TPSA) is 20.3 Å². The van der Waals surface area contributed by atoms with E-state index < -0.39 is 5.50 Å². The van der Waals surface area contributed by atoms with Crippen LogP contribution in [-0.4, -0.2) is 29.8 Å². The number of hydrogen-bond acceptors (Lipinski definition) is 2. The van der Waals surface area contributed by atoms with Gasteiger partial charge in [0.05, 0.1) is 0 Å². The molecule has 1 atom stereocenters. The fraction of sp³-hybridized carbons (Fsp3) is 0.875. The molecule has 3 heteroatoms. The van der Waals surface area contributed by atoms with E-state index in [1.807, 2.05) is 4.90 Å². The number of carbonyl (C=O) groups is 1. The first-order chi connectivity index (χ1) is 5.34. The summed E-state index contributed by atoms with van der Waals surface area (Å²) in [6.45, 7) is 1.96. The molecule has 1 heterocycles. The summed E-state index contributed by atoms with van der Waals surface area (Å²) in [6.07, 6.45) is 5.72. The highest BCUT2D eigenvalue weighted by Crippen LogP contribution is 2.13. The summed E-state index contributed by atoms with van der Waals surface area (Å²) in [5.74, 6) is 0. The van der Waals surface area contributed by atoms with E-state index in [1.54, 1.807) is 0 Å². The Morgan fingerprint density at radius 2 is 1.73 bits per heavy atom. The molecule has 1 saturated heterocycles. The quantitative estimate of drug-likeness (QED) is 0.361. The first kappa shape index (κ1) is 9.01. The Kier molecular flexibility index (Phi) is 3.87. The molecule has 0 amide bonds. The molecule has 0 bridgehead atoms. The molecule has 1 aliphatic rings. The van der Waals surface area contributed by atoms with Crippen LogP contribution in [0.3, 0.4) is 0 Å². The minimum atomic E-state index is -0.395. The number of alkyl halides is 1. The van der Waals surface area contributed by atoms with Crippen molar-refractivity contribution in [2.75, 3.05) is 13.1 Å². The Balaban J connectivity index is 2.35. The second-order valence-electron chi connectivity index (χ2n) is 2.96. The molecule has 2 nitrogen and oxygen atoms in total. The van der Waals surface area contributed by atoms with Crippen molar-refractivity contribution in [3.63, 3.8) is 0 Å². The highest BCUT2D eigenvalue weighted by atomic mass is 35.5. The Morgan fingerprint density at radius 3 is 2.18 bits per heavy atom. The molecule has 1 fully saturated rings. The smallest absolute Gasteiger partial charge is 0.152 e. The van der Waals surface area contributed by atoms with Gasteiger partial charge in [-0.1, -0.05) is 24.4 Å². The number of hydrogen-bond donors (Lipinski definition) is 0. The second kappa shape index (κ2) is 4.73. The molecule has 0 N–H and O–H groups in total. The molecule has 64 valence electrons. The van der Waals surface area contributed by atoms with E-state index in [0.717, 1.165) is 19.4 Å². The largest absolute Gasteiger partial charge is 0.300 e. The summed E-state index contributed by atoms with van der Waals surface area (Å²) >= 11 is 5.77. The van der Waals surface area contributed by atoms with Gasteiger partial charge in [0.2, 0.25) is 0 Å². The fourth-order valence-electron chi connectivity index (χ4n) is 1.43. The van der Waals surface area contributed by atoms with Crippen LogP contribution in [0.1, 0.15) is 25.7 Å². The molecule has 11 heavy (non-hydrogen) atoms. The molecule has 1 aliphatic heterocycles. The predicted molar refractivity (Wildman–Crippen MR) is 45.7 cm³/mol. The van der Waals surface area contributed by atoms with Crippen LogP contribution in [0.2, 0.25) is 0 Å². The lowest BCUT2D eigenvalue weighted by Gasteiger charge is -2.20. The third kappa shape index (κ3) is 2.80. The van der Waals surface area contributed by atoms with Crippen molar-refractivity contribution < 1.29 is 4.79 Å². The minimum absolute atomic E-state index is 0.395. The van der Waals surface area contributed by atoms with Crippen LogP contribution in [-0.2, 0) is 4.79 Å². The summed E-state index contributed by atoms with van der Waals surface area (Å²) < 4.78 is 0. The van der Waals surface area contributed by atoms with Gasteiger partial charge in [-0.2, -0.15) is 0 Å². The van der Waals surface area contributed by atoms with E-state index in [9.17, 15) is 4.79 Å². The zero-order valence-electron chi connectivity index (χ0n) is 6.63. The van der Waals surface area contributed by atoms with Crippen molar-refractivity contribution in [2.24, 2.45) is 0 Å². The van der Waals surface area contributed by atoms with Crippen molar-refractivity contribution in [1.29, 1.82) is 0 Å². The minimum Gasteiger partial charge on any atom is -0.300 e. The van der Waals surface area contributed by atoms with Gasteiger partial charge in [-0.05, 0) is 25.9 Å². The second-order valence-corrected chi connectivity index (χ2v) is 3.41. The summed E-state index contributed by atoms with van der Waals surface area (Å²) in [5.41, 5.74) is -0.395. The Bertz CT molecular complexity index is 121. The molecule has 1 rings (SSSR count). The van der Waals surface area contributed by atoms with Gasteiger partial charge in [0, 0.05) is 0 Å². The van der Waals surface area contributed by atoms with Crippen molar-refractivity contribution in [1.82, 2.24) is 4.90 Å². The van der Waals surface area contributed by atoms with Gasteiger partial charge in [-0.3, -0.25) is 4.90 Å². The summed E-state index contributed by atoms with van der Waals surface area (Å²) in [5, 5.41) is 0. The average Bonchev–Trinajstić information content (AvgIpc) is 2.30. The van der Waals surface area contributed by atoms with Gasteiger partial charge in [-0.25, -0.2) is 0 Å². The first-order valence-corrected chi connectivity index (χ1v) is 4.61. The number of aldehydes is 1. The van der Waals surface area contributed by atoms with Crippen molar-refractivity contribution in [3.8, 4) is 0 Å². The van der Waals surface area contributed by atoms with Gasteiger partial charge >= 0.3 is 0 Å². The van der Waals surface area contributed by atoms with Crippen LogP contribution in [0.5, 0.6) is 0 Å². The number of carbonyl (C=O) groups excluding carboxylic acids is 1. The summed E-state index contributed by atoms with van der Waals surface area (Å²) in [6, 6.07) is 0. The normalized spacial score (nSPS) is 24.1. The molecule has 0 aromatic heterocycles. The zero-order valence-corrected chi connectivity index (χ0v) is 7.39. The molecule has 0 saturated carbocycles. The lowest BCUT2D eigenvalue weighted by atomic mass is 10.2. The third-order valence-electron chi connectivity index (χ3n) is 2.10. The zero-order chi connectivity index (χ0) is 8.10. The Labute approximate surface area is 72.5 Å². The number of halogens is 1. The maximum atomic E-state index is 10.3. The van der Waals surface area contributed by atoms with E-state index in [1.165, 1.54) is 25.7 Å². The summed E-state index contributed by atoms with van der Waals surface area (Å²) in [7, 11) is 0. The lowest BCUT2D eigenvalue weighted by molar-refractivity contribution is -0.110. The predicted octanol–water partition coefficient (Wildman–Crippen LogP) is 1.63. The summed E-state index contributed by atoms with van der Waals surface area (Å²) in [4.78, 5) is 12.4. The maximum absolute atomic E-state index is 10.3. The van der Waals surface area contributed by atoms with Gasteiger partial charge in [-0.15, -0.1) is 0 Å². The van der Waals surface area contributed by atoms with Crippen LogP contribution < -0.4 is 0 Å². The van der Waals surface area contributed by atoms with Gasteiger partial charge in [0.1, 0.15) is 5.50 Å². The van der Waals surface area contributed by atoms with Crippen LogP contribution >= 0.6 is 11.6 Å². The van der Waals surface area contributed by atoms with E-state index >= 15 is 0 Å². The third-order valence-corrected chi connectivity index (χ3v) is 2.48. The number of nitrogens with zero attached hydrogens (tertiary/aromatic N) is 1. The number of rotatable bonds is 2. The Morgan fingerprint density at radius 1 is 1.18 bits per heavy atom. The molecule has 0 aliphatic carbocycles. The van der Waals surface area contributed by atoms with Gasteiger partial charge < -0.3 is 4.79 Å². The van der Waals surface area contributed by atoms with Crippen molar-refractivity contribution >= 4 is 17.9 Å². The van der Waals surface area contributed by atoms with E-state index in [4.69, 9.17) is 11.6 Å². The average molecular weight is 176 g/mol. The van der Waals surface area contributed by atoms with Crippen LogP contribution in [0.25, 0.3) is 0 Å². The highest BCUT2D eigenvalue weighted by molar-refractivity contribution is 6.27. The molecular weight excluding hydrogens is 162 g/mol. The Hall–Kier alpha value is -0.0800. The number of likely N-dealkylation sites (tertiary alicyclic amines) is 1. The maximum Gasteiger partial charge on any atom is 0.152 e. The lowest BCUT2D eigenvalue weighted by Crippen LogP contribution is -2.33. The standard InChI is InChI=1S/C8H14ClNO/c9-8(7-11)10-5-3-1-2-4-6-10/h7-8H,1-6H2. The molecular formula is C8H14ClNO. The van der Waals surface area contributed by atoms with Crippen LogP contribution in [0.4, 0.5) is 0 Å². The highest BCUT2D eigenvalue weighted by Gasteiger charge is 2.15. The van der Waals surface area contributed by atoms with E-state index in [2.05, 4.69) is 0 Å². The van der Waals surface area contributed by atoms with Gasteiger partial charge in [0.25, 0.3) is 0 Å². The molecule has 0 radical (unpaired) electrons. The SMILES string of the molecule is O=CC(Cl)N1CCCCCC1. The molecule has 0 aromatic carbocycles. The molecule has 0 spiro atoms. The van der Waals surface area contributed by atoms with Crippen LogP contribution in [0.15, 0.2) is 0 Å². The van der Waals surface area contributed by atoms with E-state index in [-0.39, 0.29) is 0 Å². The molecule has 1 unspecified atom stereocenters.